The van der Waals surface area contributed by atoms with Gasteiger partial charge in [-0.1, -0.05) is 13.8 Å². The summed E-state index contributed by atoms with van der Waals surface area (Å²) in [4.78, 5) is 3.99. The molecule has 16 heavy (non-hydrogen) atoms. The van der Waals surface area contributed by atoms with Gasteiger partial charge in [0.05, 0.1) is 6.61 Å². The molecule has 0 amide bonds. The first kappa shape index (κ1) is 13.0. The predicted octanol–water partition coefficient (Wildman–Crippen LogP) is 1.36. The topological polar surface area (TPSA) is 52.0 Å². The second kappa shape index (κ2) is 7.22. The van der Waals surface area contributed by atoms with Crippen LogP contribution in [0.2, 0.25) is 0 Å². The third-order valence-electron chi connectivity index (χ3n) is 2.18. The minimum Gasteiger partial charge on any atom is -0.462 e. The molecular weight excluding hydrogens is 204 g/mol. The Morgan fingerprint density at radius 2 is 2.19 bits per heavy atom. The highest BCUT2D eigenvalue weighted by Crippen LogP contribution is 2.01. The number of aryl methyl sites for hydroxylation is 1. The van der Waals surface area contributed by atoms with E-state index in [2.05, 4.69) is 29.2 Å². The van der Waals surface area contributed by atoms with Crippen molar-refractivity contribution in [2.45, 2.75) is 39.2 Å². The van der Waals surface area contributed by atoms with Gasteiger partial charge in [-0.2, -0.15) is 4.98 Å². The molecule has 0 aromatic carbocycles. The van der Waals surface area contributed by atoms with Crippen molar-refractivity contribution in [3.63, 3.8) is 0 Å². The summed E-state index contributed by atoms with van der Waals surface area (Å²) in [5, 5.41) is 7.43. The standard InChI is InChI=1S/C11H22N4O/c1-10(2)12-7-5-4-6-8-16-11-13-9-15(3)14-11/h9-10,12H,4-8H2,1-3H3. The van der Waals surface area contributed by atoms with Crippen LogP contribution in [0, 0.1) is 0 Å². The summed E-state index contributed by atoms with van der Waals surface area (Å²) in [7, 11) is 1.83. The summed E-state index contributed by atoms with van der Waals surface area (Å²) < 4.78 is 7.03. The number of hydrogen-bond acceptors (Lipinski definition) is 4. The van der Waals surface area contributed by atoms with Gasteiger partial charge in [0.25, 0.3) is 0 Å². The molecule has 0 unspecified atom stereocenters. The average molecular weight is 226 g/mol. The number of ether oxygens (including phenoxy) is 1. The van der Waals surface area contributed by atoms with Crippen molar-refractivity contribution >= 4 is 0 Å². The van der Waals surface area contributed by atoms with Crippen LogP contribution in [0.15, 0.2) is 6.33 Å². The molecule has 0 fully saturated rings. The fourth-order valence-electron chi connectivity index (χ4n) is 1.34. The normalized spacial score (nSPS) is 11.0. The van der Waals surface area contributed by atoms with Gasteiger partial charge in [-0.3, -0.25) is 4.68 Å². The molecule has 0 radical (unpaired) electrons. The SMILES string of the molecule is CC(C)NCCCCCOc1ncn(C)n1. The summed E-state index contributed by atoms with van der Waals surface area (Å²) >= 11 is 0. The summed E-state index contributed by atoms with van der Waals surface area (Å²) in [5.74, 6) is 0. The van der Waals surface area contributed by atoms with Crippen molar-refractivity contribution in [3.05, 3.63) is 6.33 Å². The van der Waals surface area contributed by atoms with Gasteiger partial charge >= 0.3 is 6.01 Å². The van der Waals surface area contributed by atoms with E-state index in [4.69, 9.17) is 4.74 Å². The summed E-state index contributed by atoms with van der Waals surface area (Å²) in [6.45, 7) is 6.11. The van der Waals surface area contributed by atoms with E-state index < -0.39 is 0 Å². The number of hydrogen-bond donors (Lipinski definition) is 1. The molecule has 1 N–H and O–H groups in total. The Labute approximate surface area is 97.2 Å². The van der Waals surface area contributed by atoms with Gasteiger partial charge < -0.3 is 10.1 Å². The number of rotatable bonds is 8. The van der Waals surface area contributed by atoms with Crippen LogP contribution in [-0.2, 0) is 7.05 Å². The Hall–Kier alpha value is -1.10. The minimum absolute atomic E-state index is 0.475. The van der Waals surface area contributed by atoms with E-state index in [9.17, 15) is 0 Å². The Morgan fingerprint density at radius 1 is 1.38 bits per heavy atom. The number of nitrogens with zero attached hydrogens (tertiary/aromatic N) is 3. The molecule has 5 nitrogen and oxygen atoms in total. The lowest BCUT2D eigenvalue weighted by Gasteiger charge is -2.07. The highest BCUT2D eigenvalue weighted by atomic mass is 16.5. The highest BCUT2D eigenvalue weighted by Gasteiger charge is 1.98. The van der Waals surface area contributed by atoms with Crippen LogP contribution in [-0.4, -0.2) is 34.0 Å². The molecule has 0 aliphatic rings. The molecule has 0 aliphatic carbocycles. The zero-order valence-electron chi connectivity index (χ0n) is 10.4. The molecule has 1 aromatic heterocycles. The van der Waals surface area contributed by atoms with Gasteiger partial charge in [-0.05, 0) is 25.8 Å². The fourth-order valence-corrected chi connectivity index (χ4v) is 1.34. The Bertz CT molecular complexity index is 285. The molecule has 92 valence electrons. The molecule has 5 heteroatoms. The predicted molar refractivity (Wildman–Crippen MR) is 63.5 cm³/mol. The zero-order chi connectivity index (χ0) is 11.8. The van der Waals surface area contributed by atoms with Gasteiger partial charge in [0.1, 0.15) is 6.33 Å². The Kier molecular flexibility index (Phi) is 5.85. The van der Waals surface area contributed by atoms with Gasteiger partial charge in [-0.15, -0.1) is 5.10 Å². The van der Waals surface area contributed by atoms with Crippen LogP contribution in [0.25, 0.3) is 0 Å². The highest BCUT2D eigenvalue weighted by molar-refractivity contribution is 4.86. The van der Waals surface area contributed by atoms with Gasteiger partial charge in [-0.25, -0.2) is 0 Å². The zero-order valence-corrected chi connectivity index (χ0v) is 10.4. The molecule has 0 saturated heterocycles. The molecule has 1 aromatic rings. The number of nitrogens with one attached hydrogen (secondary N) is 1. The molecule has 0 spiro atoms. The van der Waals surface area contributed by atoms with Crippen molar-refractivity contribution in [2.75, 3.05) is 13.2 Å². The van der Waals surface area contributed by atoms with Crippen LogP contribution >= 0.6 is 0 Å². The van der Waals surface area contributed by atoms with E-state index >= 15 is 0 Å². The smallest absolute Gasteiger partial charge is 0.335 e. The van der Waals surface area contributed by atoms with Crippen molar-refractivity contribution in [3.8, 4) is 6.01 Å². The van der Waals surface area contributed by atoms with Crippen molar-refractivity contribution in [2.24, 2.45) is 7.05 Å². The maximum Gasteiger partial charge on any atom is 0.335 e. The van der Waals surface area contributed by atoms with Gasteiger partial charge in [0, 0.05) is 13.1 Å². The number of aromatic nitrogens is 3. The minimum atomic E-state index is 0.475. The van der Waals surface area contributed by atoms with Gasteiger partial charge in [0.15, 0.2) is 0 Å². The lowest BCUT2D eigenvalue weighted by atomic mass is 10.2. The van der Waals surface area contributed by atoms with Gasteiger partial charge in [0.2, 0.25) is 0 Å². The maximum absolute atomic E-state index is 5.39. The monoisotopic (exact) mass is 226 g/mol. The molecule has 0 aliphatic heterocycles. The molecule has 0 atom stereocenters. The van der Waals surface area contributed by atoms with E-state index in [-0.39, 0.29) is 0 Å². The second-order valence-corrected chi connectivity index (χ2v) is 4.22. The molecule has 1 rings (SSSR count). The van der Waals surface area contributed by atoms with E-state index in [0.29, 0.717) is 18.7 Å². The van der Waals surface area contributed by atoms with Crippen molar-refractivity contribution in [1.82, 2.24) is 20.1 Å². The van der Waals surface area contributed by atoms with Crippen LogP contribution in [0.4, 0.5) is 0 Å². The average Bonchev–Trinajstić information content (AvgIpc) is 2.62. The maximum atomic E-state index is 5.39. The lowest BCUT2D eigenvalue weighted by Crippen LogP contribution is -2.23. The quantitative estimate of drug-likeness (QED) is 0.680. The van der Waals surface area contributed by atoms with Crippen molar-refractivity contribution in [1.29, 1.82) is 0 Å². The van der Waals surface area contributed by atoms with E-state index in [1.165, 1.54) is 12.8 Å². The number of unbranched alkanes of at least 4 members (excludes halogenated alkanes) is 2. The molecule has 1 heterocycles. The van der Waals surface area contributed by atoms with Crippen LogP contribution in [0.1, 0.15) is 33.1 Å². The second-order valence-electron chi connectivity index (χ2n) is 4.22. The Balaban J connectivity index is 1.92. The molecular formula is C11H22N4O. The first-order valence-corrected chi connectivity index (χ1v) is 5.90. The lowest BCUT2D eigenvalue weighted by molar-refractivity contribution is 0.281. The van der Waals surface area contributed by atoms with E-state index in [1.54, 1.807) is 11.0 Å². The third-order valence-corrected chi connectivity index (χ3v) is 2.18. The summed E-state index contributed by atoms with van der Waals surface area (Å²) in [5.41, 5.74) is 0. The van der Waals surface area contributed by atoms with E-state index in [1.807, 2.05) is 7.05 Å². The molecule has 0 bridgehead atoms. The van der Waals surface area contributed by atoms with Crippen LogP contribution in [0.5, 0.6) is 6.01 Å². The summed E-state index contributed by atoms with van der Waals surface area (Å²) in [6, 6.07) is 1.05. The first-order valence-electron chi connectivity index (χ1n) is 5.90. The Morgan fingerprint density at radius 3 is 2.81 bits per heavy atom. The van der Waals surface area contributed by atoms with Crippen LogP contribution in [0.3, 0.4) is 0 Å². The summed E-state index contributed by atoms with van der Waals surface area (Å²) in [6.07, 6.45) is 5.06. The fraction of sp³-hybridized carbons (Fsp3) is 0.818. The van der Waals surface area contributed by atoms with E-state index in [0.717, 1.165) is 13.0 Å². The molecule has 0 saturated carbocycles. The van der Waals surface area contributed by atoms with Crippen molar-refractivity contribution < 1.29 is 4.74 Å². The third kappa shape index (κ3) is 5.70. The van der Waals surface area contributed by atoms with Crippen LogP contribution < -0.4 is 10.1 Å². The first-order chi connectivity index (χ1) is 7.68. The largest absolute Gasteiger partial charge is 0.462 e.